The van der Waals surface area contributed by atoms with Crippen molar-refractivity contribution in [2.75, 3.05) is 13.1 Å². The third-order valence-corrected chi connectivity index (χ3v) is 5.52. The van der Waals surface area contributed by atoms with E-state index in [-0.39, 0.29) is 0 Å². The Hall–Kier alpha value is -0.660. The molecule has 1 aliphatic rings. The van der Waals surface area contributed by atoms with Gasteiger partial charge in [0.05, 0.1) is 0 Å². The number of hydrogen-bond donors (Lipinski definition) is 0. The molecule has 0 fully saturated rings. The predicted octanol–water partition coefficient (Wildman–Crippen LogP) is 7.17. The van der Waals surface area contributed by atoms with Crippen LogP contribution in [0.4, 0.5) is 0 Å². The molecule has 0 spiro atoms. The quantitative estimate of drug-likeness (QED) is 0.272. The topological polar surface area (TPSA) is 6.48 Å². The van der Waals surface area contributed by atoms with Crippen molar-refractivity contribution >= 4 is 0 Å². The predicted molar refractivity (Wildman–Crippen MR) is 113 cm³/mol. The standard InChI is InChI=1S/C23H46N2/c1-5-7-9-11-12-13-14-15-17-19-25-21-20-24(23(25)22(3)4)18-16-10-8-6-2/h20-23H,5-19H2,1-4H3. The molecule has 1 heterocycles. The molecule has 0 saturated carbocycles. The van der Waals surface area contributed by atoms with E-state index in [2.05, 4.69) is 49.9 Å². The van der Waals surface area contributed by atoms with Gasteiger partial charge in [-0.15, -0.1) is 0 Å². The zero-order valence-electron chi connectivity index (χ0n) is 17.8. The molecule has 1 unspecified atom stereocenters. The highest BCUT2D eigenvalue weighted by atomic mass is 15.4. The highest BCUT2D eigenvalue weighted by molar-refractivity contribution is 4.98. The summed E-state index contributed by atoms with van der Waals surface area (Å²) in [4.78, 5) is 5.19. The van der Waals surface area contributed by atoms with Crippen LogP contribution in [0.1, 0.15) is 111 Å². The van der Waals surface area contributed by atoms with Crippen LogP contribution in [-0.4, -0.2) is 29.1 Å². The van der Waals surface area contributed by atoms with Crippen LogP contribution in [0, 0.1) is 5.92 Å². The average Bonchev–Trinajstić information content (AvgIpc) is 3.00. The molecule has 1 rings (SSSR count). The lowest BCUT2D eigenvalue weighted by Crippen LogP contribution is -2.43. The van der Waals surface area contributed by atoms with E-state index in [4.69, 9.17) is 0 Å². The Bertz CT molecular complexity index is 324. The fourth-order valence-corrected chi connectivity index (χ4v) is 4.04. The summed E-state index contributed by atoms with van der Waals surface area (Å²) in [5.74, 6) is 0.694. The Morgan fingerprint density at radius 2 is 0.960 bits per heavy atom. The molecular weight excluding hydrogens is 304 g/mol. The summed E-state index contributed by atoms with van der Waals surface area (Å²) in [6.45, 7) is 11.8. The fraction of sp³-hybridized carbons (Fsp3) is 0.913. The highest BCUT2D eigenvalue weighted by Crippen LogP contribution is 2.24. The Labute approximate surface area is 159 Å². The van der Waals surface area contributed by atoms with Crippen molar-refractivity contribution in [2.45, 2.75) is 117 Å². The molecule has 25 heavy (non-hydrogen) atoms. The number of rotatable bonds is 16. The van der Waals surface area contributed by atoms with Gasteiger partial charge in [0.1, 0.15) is 6.17 Å². The molecule has 148 valence electrons. The minimum Gasteiger partial charge on any atom is -0.356 e. The molecule has 0 amide bonds. The summed E-state index contributed by atoms with van der Waals surface area (Å²) < 4.78 is 0. The van der Waals surface area contributed by atoms with Gasteiger partial charge < -0.3 is 9.80 Å². The summed E-state index contributed by atoms with van der Waals surface area (Å²) in [5.41, 5.74) is 0. The maximum atomic E-state index is 2.60. The van der Waals surface area contributed by atoms with E-state index < -0.39 is 0 Å². The van der Waals surface area contributed by atoms with Gasteiger partial charge >= 0.3 is 0 Å². The van der Waals surface area contributed by atoms with Crippen molar-refractivity contribution in [3.63, 3.8) is 0 Å². The maximum absolute atomic E-state index is 2.60. The molecule has 0 radical (unpaired) electrons. The molecule has 0 saturated heterocycles. The number of nitrogens with zero attached hydrogens (tertiary/aromatic N) is 2. The van der Waals surface area contributed by atoms with Gasteiger partial charge in [0.2, 0.25) is 0 Å². The van der Waals surface area contributed by atoms with Gasteiger partial charge in [0, 0.05) is 25.5 Å². The zero-order valence-corrected chi connectivity index (χ0v) is 17.8. The third-order valence-electron chi connectivity index (χ3n) is 5.52. The summed E-state index contributed by atoms with van der Waals surface area (Å²) in [6.07, 6.45) is 23.5. The summed E-state index contributed by atoms with van der Waals surface area (Å²) in [6, 6.07) is 0. The molecule has 0 aliphatic carbocycles. The minimum atomic E-state index is 0.593. The Morgan fingerprint density at radius 3 is 1.36 bits per heavy atom. The smallest absolute Gasteiger partial charge is 0.103 e. The molecule has 0 aromatic heterocycles. The van der Waals surface area contributed by atoms with E-state index in [0.717, 1.165) is 0 Å². The zero-order chi connectivity index (χ0) is 18.3. The summed E-state index contributed by atoms with van der Waals surface area (Å²) in [5, 5.41) is 0. The second-order valence-electron chi connectivity index (χ2n) is 8.32. The van der Waals surface area contributed by atoms with Crippen LogP contribution in [-0.2, 0) is 0 Å². The molecule has 0 bridgehead atoms. The fourth-order valence-electron chi connectivity index (χ4n) is 4.04. The summed E-state index contributed by atoms with van der Waals surface area (Å²) >= 11 is 0. The van der Waals surface area contributed by atoms with E-state index in [1.165, 1.54) is 96.6 Å². The van der Waals surface area contributed by atoms with Gasteiger partial charge in [0.15, 0.2) is 0 Å². The second-order valence-corrected chi connectivity index (χ2v) is 8.32. The average molecular weight is 351 g/mol. The van der Waals surface area contributed by atoms with Crippen molar-refractivity contribution in [3.05, 3.63) is 12.4 Å². The molecule has 1 aliphatic heterocycles. The van der Waals surface area contributed by atoms with Gasteiger partial charge in [-0.1, -0.05) is 98.3 Å². The van der Waals surface area contributed by atoms with Crippen molar-refractivity contribution < 1.29 is 0 Å². The molecule has 1 atom stereocenters. The lowest BCUT2D eigenvalue weighted by molar-refractivity contribution is 0.104. The molecule has 0 aromatic rings. The van der Waals surface area contributed by atoms with Crippen LogP contribution in [0.3, 0.4) is 0 Å². The van der Waals surface area contributed by atoms with Crippen molar-refractivity contribution in [1.29, 1.82) is 0 Å². The monoisotopic (exact) mass is 350 g/mol. The SMILES string of the molecule is CCCCCCCCCCCN1C=CN(CCCCCC)C1C(C)C. The highest BCUT2D eigenvalue weighted by Gasteiger charge is 2.27. The van der Waals surface area contributed by atoms with Gasteiger partial charge in [-0.25, -0.2) is 0 Å². The molecule has 2 nitrogen and oxygen atoms in total. The first-order valence-electron chi connectivity index (χ1n) is 11.4. The summed E-state index contributed by atoms with van der Waals surface area (Å²) in [7, 11) is 0. The number of hydrogen-bond acceptors (Lipinski definition) is 2. The first-order valence-corrected chi connectivity index (χ1v) is 11.4. The van der Waals surface area contributed by atoms with Crippen LogP contribution >= 0.6 is 0 Å². The molecule has 0 N–H and O–H groups in total. The Balaban J connectivity index is 2.14. The molecule has 2 heteroatoms. The normalized spacial score (nSPS) is 17.2. The minimum absolute atomic E-state index is 0.593. The van der Waals surface area contributed by atoms with E-state index in [1.807, 2.05) is 0 Å². The largest absolute Gasteiger partial charge is 0.356 e. The van der Waals surface area contributed by atoms with Gasteiger partial charge in [-0.2, -0.15) is 0 Å². The van der Waals surface area contributed by atoms with Gasteiger partial charge in [0.25, 0.3) is 0 Å². The van der Waals surface area contributed by atoms with Crippen LogP contribution < -0.4 is 0 Å². The van der Waals surface area contributed by atoms with Crippen molar-refractivity contribution in [2.24, 2.45) is 5.92 Å². The van der Waals surface area contributed by atoms with E-state index in [9.17, 15) is 0 Å². The van der Waals surface area contributed by atoms with E-state index in [1.54, 1.807) is 0 Å². The van der Waals surface area contributed by atoms with Crippen LogP contribution in [0.5, 0.6) is 0 Å². The lowest BCUT2D eigenvalue weighted by atomic mass is 10.1. The maximum Gasteiger partial charge on any atom is 0.103 e. The van der Waals surface area contributed by atoms with Crippen molar-refractivity contribution in [1.82, 2.24) is 9.80 Å². The first-order chi connectivity index (χ1) is 12.2. The van der Waals surface area contributed by atoms with Crippen LogP contribution in [0.2, 0.25) is 0 Å². The van der Waals surface area contributed by atoms with E-state index in [0.29, 0.717) is 12.1 Å². The van der Waals surface area contributed by atoms with Crippen molar-refractivity contribution in [3.8, 4) is 0 Å². The van der Waals surface area contributed by atoms with Gasteiger partial charge in [-0.05, 0) is 18.8 Å². The Morgan fingerprint density at radius 1 is 0.600 bits per heavy atom. The molecular formula is C23H46N2. The van der Waals surface area contributed by atoms with Crippen LogP contribution in [0.15, 0.2) is 12.4 Å². The number of unbranched alkanes of at least 4 members (excludes halogenated alkanes) is 11. The van der Waals surface area contributed by atoms with Crippen LogP contribution in [0.25, 0.3) is 0 Å². The molecule has 0 aromatic carbocycles. The lowest BCUT2D eigenvalue weighted by Gasteiger charge is -2.36. The Kier molecular flexibility index (Phi) is 13.0. The van der Waals surface area contributed by atoms with E-state index >= 15 is 0 Å². The second kappa shape index (κ2) is 14.5. The first kappa shape index (κ1) is 22.4. The van der Waals surface area contributed by atoms with Gasteiger partial charge in [-0.3, -0.25) is 0 Å². The third kappa shape index (κ3) is 9.56.